The fourth-order valence-electron chi connectivity index (χ4n) is 6.68. The Hall–Kier alpha value is -3.43. The number of unbranched alkanes of at least 4 members (excludes halogenated alkanes) is 2. The van der Waals surface area contributed by atoms with Crippen molar-refractivity contribution in [3.63, 3.8) is 0 Å². The number of methoxy groups -OCH3 is 1. The van der Waals surface area contributed by atoms with Crippen molar-refractivity contribution >= 4 is 28.8 Å². The topological polar surface area (TPSA) is 131 Å². The minimum Gasteiger partial charge on any atom is -0.497 e. The third-order valence-electron chi connectivity index (χ3n) is 9.08. The second-order valence-corrected chi connectivity index (χ2v) is 13.4. The zero-order chi connectivity index (χ0) is 31.3. The number of amides is 2. The third-order valence-corrected chi connectivity index (χ3v) is 9.08. The van der Waals surface area contributed by atoms with Gasteiger partial charge in [-0.2, -0.15) is 0 Å². The van der Waals surface area contributed by atoms with Crippen LogP contribution in [0.25, 0.3) is 11.0 Å². The molecule has 2 aliphatic rings. The molecule has 2 aromatic rings. The van der Waals surface area contributed by atoms with Crippen LogP contribution in [0.1, 0.15) is 91.7 Å². The predicted octanol–water partition coefficient (Wildman–Crippen LogP) is 5.17. The number of nitrogens with one attached hydrogen (secondary N) is 2. The number of rotatable bonds is 11. The van der Waals surface area contributed by atoms with Crippen LogP contribution in [-0.4, -0.2) is 64.5 Å². The number of ether oxygens (including phenoxy) is 2. The van der Waals surface area contributed by atoms with Gasteiger partial charge < -0.3 is 24.7 Å². The quantitative estimate of drug-likeness (QED) is 0.342. The summed E-state index contributed by atoms with van der Waals surface area (Å²) in [5.74, 6) is 0.794. The smallest absolute Gasteiger partial charge is 0.408 e. The van der Waals surface area contributed by atoms with Crippen LogP contribution >= 0.6 is 0 Å². The zero-order valence-corrected chi connectivity index (χ0v) is 26.5. The number of H-pyrrole nitrogens is 1. The average molecular weight is 597 g/mol. The van der Waals surface area contributed by atoms with Crippen molar-refractivity contribution in [2.75, 3.05) is 13.7 Å². The first kappa shape index (κ1) is 32.5. The van der Waals surface area contributed by atoms with Crippen molar-refractivity contribution < 1.29 is 23.9 Å². The molecule has 1 unspecified atom stereocenters. The number of likely N-dealkylation sites (tertiary alicyclic amines) is 1. The normalized spacial score (nSPS) is 22.9. The molecule has 2 heterocycles. The molecule has 236 valence electrons. The summed E-state index contributed by atoms with van der Waals surface area (Å²) in [6.45, 7) is 9.77. The van der Waals surface area contributed by atoms with Gasteiger partial charge in [-0.3, -0.25) is 14.4 Å². The molecule has 1 aromatic carbocycles. The van der Waals surface area contributed by atoms with Crippen LogP contribution in [-0.2, 0) is 20.7 Å². The molecule has 0 radical (unpaired) electrons. The van der Waals surface area contributed by atoms with Crippen LogP contribution in [0, 0.1) is 17.3 Å². The number of alkyl carbamates (subject to hydrolysis) is 1. The van der Waals surface area contributed by atoms with E-state index in [0.29, 0.717) is 29.9 Å². The van der Waals surface area contributed by atoms with Crippen molar-refractivity contribution in [3.05, 3.63) is 34.2 Å². The lowest BCUT2D eigenvalue weighted by atomic mass is 9.85. The van der Waals surface area contributed by atoms with Gasteiger partial charge in [0, 0.05) is 12.6 Å². The lowest BCUT2D eigenvalue weighted by Gasteiger charge is -2.35. The fraction of sp³-hybridized carbons (Fsp3) is 0.667. The summed E-state index contributed by atoms with van der Waals surface area (Å²) in [7, 11) is 1.59. The highest BCUT2D eigenvalue weighted by atomic mass is 16.6. The van der Waals surface area contributed by atoms with Gasteiger partial charge in [0.2, 0.25) is 5.91 Å². The Morgan fingerprint density at radius 3 is 2.60 bits per heavy atom. The minimum absolute atomic E-state index is 0.0243. The van der Waals surface area contributed by atoms with E-state index in [1.165, 1.54) is 6.92 Å². The molecule has 1 aliphatic heterocycles. The van der Waals surface area contributed by atoms with Crippen LogP contribution in [0.4, 0.5) is 4.79 Å². The van der Waals surface area contributed by atoms with E-state index in [1.54, 1.807) is 18.1 Å². The van der Waals surface area contributed by atoms with Crippen molar-refractivity contribution in [2.45, 2.75) is 111 Å². The van der Waals surface area contributed by atoms with Gasteiger partial charge in [0.15, 0.2) is 5.78 Å². The highest BCUT2D eigenvalue weighted by Gasteiger charge is 2.44. The van der Waals surface area contributed by atoms with Crippen LogP contribution < -0.4 is 15.6 Å². The van der Waals surface area contributed by atoms with Gasteiger partial charge in [-0.05, 0) is 81.3 Å². The summed E-state index contributed by atoms with van der Waals surface area (Å²) in [6.07, 6.45) is 7.13. The van der Waals surface area contributed by atoms with Gasteiger partial charge in [-0.25, -0.2) is 9.78 Å². The molecule has 1 saturated carbocycles. The molecule has 2 amide bonds. The summed E-state index contributed by atoms with van der Waals surface area (Å²) in [4.78, 5) is 60.6. The van der Waals surface area contributed by atoms with Crippen LogP contribution in [0.5, 0.6) is 5.75 Å². The number of ketones is 1. The van der Waals surface area contributed by atoms with Crippen molar-refractivity contribution in [2.24, 2.45) is 17.3 Å². The molecule has 43 heavy (non-hydrogen) atoms. The Labute approximate surface area is 254 Å². The molecular formula is C33H48N4O6. The Morgan fingerprint density at radius 1 is 1.14 bits per heavy atom. The molecule has 10 heteroatoms. The number of aryl methyl sites for hydroxylation is 1. The number of carbonyl (C=O) groups is 3. The number of carbonyl (C=O) groups excluding carboxylic acids is 3. The molecule has 4 rings (SSSR count). The van der Waals surface area contributed by atoms with E-state index in [1.807, 2.05) is 39.8 Å². The molecule has 2 fully saturated rings. The molecular weight excluding hydrogens is 548 g/mol. The Bertz CT molecular complexity index is 1370. The number of aromatic amines is 1. The van der Waals surface area contributed by atoms with Crippen LogP contribution in [0.15, 0.2) is 23.0 Å². The second-order valence-electron chi connectivity index (χ2n) is 13.4. The first-order chi connectivity index (χ1) is 20.4. The van der Waals surface area contributed by atoms with Gasteiger partial charge in [0.1, 0.15) is 23.6 Å². The van der Waals surface area contributed by atoms with E-state index < -0.39 is 23.6 Å². The van der Waals surface area contributed by atoms with Gasteiger partial charge >= 0.3 is 6.09 Å². The molecule has 0 spiro atoms. The van der Waals surface area contributed by atoms with E-state index in [-0.39, 0.29) is 35.2 Å². The number of hydrogen-bond acceptors (Lipinski definition) is 7. The summed E-state index contributed by atoms with van der Waals surface area (Å²) < 4.78 is 11.1. The number of Topliss-reactive ketones (excluding diaryl/α,β-unsaturated/α-hetero) is 1. The van der Waals surface area contributed by atoms with Gasteiger partial charge in [-0.1, -0.05) is 40.5 Å². The number of aromatic nitrogens is 2. The zero-order valence-electron chi connectivity index (χ0n) is 26.5. The fourth-order valence-corrected chi connectivity index (χ4v) is 6.68. The molecule has 10 nitrogen and oxygen atoms in total. The highest BCUT2D eigenvalue weighted by molar-refractivity contribution is 5.92. The molecule has 1 saturated heterocycles. The predicted molar refractivity (Wildman–Crippen MR) is 165 cm³/mol. The Kier molecular flexibility index (Phi) is 10.5. The number of nitrogens with zero attached hydrogens (tertiary/aromatic N) is 2. The standard InChI is InChI=1S/C33H48N4O6/c1-20-17-18-37(28(20)21(2)38)31(40)29(33(3,4)5)36-32(41)43-27-14-10-12-22(27)11-8-7-9-13-25-30(39)35-26-19-23(42-6)15-16-24(26)34-25/h15-16,19-20,22,27-29H,7-14,17-18H2,1-6H3,(H,35,39)(H,36,41)/t20-,22-,27?,28+,29-/m1/s1. The summed E-state index contributed by atoms with van der Waals surface area (Å²) in [5, 5.41) is 2.86. The number of hydrogen-bond donors (Lipinski definition) is 2. The second kappa shape index (κ2) is 13.9. The monoisotopic (exact) mass is 596 g/mol. The minimum atomic E-state index is -0.791. The summed E-state index contributed by atoms with van der Waals surface area (Å²) in [5.41, 5.74) is 1.22. The van der Waals surface area contributed by atoms with E-state index in [2.05, 4.69) is 15.3 Å². The number of benzene rings is 1. The van der Waals surface area contributed by atoms with Crippen LogP contribution in [0.3, 0.4) is 0 Å². The first-order valence-electron chi connectivity index (χ1n) is 15.7. The van der Waals surface area contributed by atoms with Crippen molar-refractivity contribution in [1.82, 2.24) is 20.2 Å². The molecule has 1 aliphatic carbocycles. The maximum atomic E-state index is 13.6. The SMILES string of the molecule is COc1ccc2nc(CCCCC[C@@H]3CCCC3OC(=O)N[C@H](C(=O)N3CC[C@@H](C)[C@H]3C(C)=O)C(C)(C)C)c(=O)[nH]c2c1. The molecule has 2 N–H and O–H groups in total. The van der Waals surface area contributed by atoms with E-state index >= 15 is 0 Å². The lowest BCUT2D eigenvalue weighted by molar-refractivity contribution is -0.141. The van der Waals surface area contributed by atoms with E-state index in [4.69, 9.17) is 9.47 Å². The maximum absolute atomic E-state index is 13.6. The Morgan fingerprint density at radius 2 is 1.91 bits per heavy atom. The first-order valence-corrected chi connectivity index (χ1v) is 15.7. The summed E-state index contributed by atoms with van der Waals surface area (Å²) >= 11 is 0. The van der Waals surface area contributed by atoms with E-state index in [9.17, 15) is 19.2 Å². The highest BCUT2D eigenvalue weighted by Crippen LogP contribution is 2.33. The molecule has 0 bridgehead atoms. The maximum Gasteiger partial charge on any atom is 0.408 e. The van der Waals surface area contributed by atoms with Gasteiger partial charge in [-0.15, -0.1) is 0 Å². The van der Waals surface area contributed by atoms with Crippen molar-refractivity contribution in [3.8, 4) is 5.75 Å². The third kappa shape index (κ3) is 7.95. The van der Waals surface area contributed by atoms with Crippen LogP contribution in [0.2, 0.25) is 0 Å². The Balaban J connectivity index is 1.26. The van der Waals surface area contributed by atoms with Gasteiger partial charge in [0.25, 0.3) is 5.56 Å². The van der Waals surface area contributed by atoms with Gasteiger partial charge in [0.05, 0.1) is 24.2 Å². The molecule has 5 atom stereocenters. The van der Waals surface area contributed by atoms with Crippen molar-refractivity contribution in [1.29, 1.82) is 0 Å². The van der Waals surface area contributed by atoms with E-state index in [0.717, 1.165) is 56.9 Å². The largest absolute Gasteiger partial charge is 0.497 e. The number of fused-ring (bicyclic) bond motifs is 1. The lowest BCUT2D eigenvalue weighted by Crippen LogP contribution is -2.57. The molecule has 1 aromatic heterocycles. The average Bonchev–Trinajstić information content (AvgIpc) is 3.56. The summed E-state index contributed by atoms with van der Waals surface area (Å²) in [6, 6.07) is 4.21.